The molecule has 1 saturated heterocycles. The Hall–Kier alpha value is -2.24. The van der Waals surface area contributed by atoms with E-state index < -0.39 is 0 Å². The number of hydrogen-bond acceptors (Lipinski definition) is 3. The molecular formula is C18H28N4O2. The molecule has 1 fully saturated rings. The van der Waals surface area contributed by atoms with Gasteiger partial charge in [-0.05, 0) is 31.7 Å². The van der Waals surface area contributed by atoms with E-state index in [1.54, 1.807) is 7.05 Å². The zero-order valence-electron chi connectivity index (χ0n) is 14.6. The number of ether oxygens (including phenoxy) is 1. The van der Waals surface area contributed by atoms with Gasteiger partial charge >= 0.3 is 0 Å². The number of primary amides is 1. The zero-order chi connectivity index (χ0) is 17.4. The van der Waals surface area contributed by atoms with Crippen molar-refractivity contribution in [3.05, 3.63) is 29.8 Å². The van der Waals surface area contributed by atoms with E-state index in [0.29, 0.717) is 25.5 Å². The lowest BCUT2D eigenvalue weighted by Gasteiger charge is -2.34. The summed E-state index contributed by atoms with van der Waals surface area (Å²) < 4.78 is 5.66. The first-order valence-corrected chi connectivity index (χ1v) is 8.58. The summed E-state index contributed by atoms with van der Waals surface area (Å²) in [5.74, 6) is 1.84. The van der Waals surface area contributed by atoms with Crippen molar-refractivity contribution < 1.29 is 9.53 Å². The number of nitrogens with two attached hydrogens (primary N) is 1. The number of aliphatic imine (C=N–C) groups is 1. The molecule has 0 bridgehead atoms. The second-order valence-electron chi connectivity index (χ2n) is 6.07. The van der Waals surface area contributed by atoms with Crippen LogP contribution in [-0.2, 0) is 11.3 Å². The van der Waals surface area contributed by atoms with Crippen LogP contribution in [0.1, 0.15) is 31.7 Å². The molecule has 1 aliphatic rings. The highest BCUT2D eigenvalue weighted by Gasteiger charge is 2.23. The molecule has 0 aromatic heterocycles. The van der Waals surface area contributed by atoms with Gasteiger partial charge in [-0.15, -0.1) is 0 Å². The van der Waals surface area contributed by atoms with Crippen LogP contribution >= 0.6 is 0 Å². The summed E-state index contributed by atoms with van der Waals surface area (Å²) in [7, 11) is 1.79. The largest absolute Gasteiger partial charge is 0.494 e. The summed E-state index contributed by atoms with van der Waals surface area (Å²) in [4.78, 5) is 17.8. The van der Waals surface area contributed by atoms with Crippen LogP contribution in [0.25, 0.3) is 0 Å². The molecule has 24 heavy (non-hydrogen) atoms. The van der Waals surface area contributed by atoms with Crippen LogP contribution in [0.5, 0.6) is 5.75 Å². The number of likely N-dealkylation sites (tertiary alicyclic amines) is 1. The standard InChI is InChI=1S/C18H28N4O2/c1-3-24-16-9-5-4-8-15(16)12-21-18(20-2)22-10-6-7-14(13-22)11-17(19)23/h4-5,8-9,14H,3,6-7,10-13H2,1-2H3,(H2,19,23)(H,20,21). The van der Waals surface area contributed by atoms with Crippen molar-refractivity contribution in [3.8, 4) is 5.75 Å². The number of hydrogen-bond donors (Lipinski definition) is 2. The van der Waals surface area contributed by atoms with Crippen LogP contribution in [-0.4, -0.2) is 43.5 Å². The molecule has 0 radical (unpaired) electrons. The third-order valence-electron chi connectivity index (χ3n) is 4.23. The number of benzene rings is 1. The molecule has 0 saturated carbocycles. The van der Waals surface area contributed by atoms with Crippen molar-refractivity contribution in [2.45, 2.75) is 32.7 Å². The minimum Gasteiger partial charge on any atom is -0.494 e. The number of piperidine rings is 1. The highest BCUT2D eigenvalue weighted by Crippen LogP contribution is 2.20. The zero-order valence-corrected chi connectivity index (χ0v) is 14.6. The van der Waals surface area contributed by atoms with Gasteiger partial charge in [0, 0.05) is 38.7 Å². The Balaban J connectivity index is 1.96. The van der Waals surface area contributed by atoms with Crippen LogP contribution in [0.2, 0.25) is 0 Å². The Morgan fingerprint density at radius 1 is 1.46 bits per heavy atom. The predicted molar refractivity (Wildman–Crippen MR) is 95.9 cm³/mol. The fourth-order valence-corrected chi connectivity index (χ4v) is 3.16. The quantitative estimate of drug-likeness (QED) is 0.614. The highest BCUT2D eigenvalue weighted by atomic mass is 16.5. The minimum atomic E-state index is -0.226. The molecule has 1 aliphatic heterocycles. The van der Waals surface area contributed by atoms with Gasteiger partial charge in [-0.25, -0.2) is 0 Å². The van der Waals surface area contributed by atoms with E-state index in [9.17, 15) is 4.79 Å². The van der Waals surface area contributed by atoms with Gasteiger partial charge in [0.05, 0.1) is 6.61 Å². The van der Waals surface area contributed by atoms with Crippen molar-refractivity contribution >= 4 is 11.9 Å². The lowest BCUT2D eigenvalue weighted by Crippen LogP contribution is -2.46. The summed E-state index contributed by atoms with van der Waals surface area (Å²) >= 11 is 0. The van der Waals surface area contributed by atoms with Crippen LogP contribution < -0.4 is 15.8 Å². The van der Waals surface area contributed by atoms with E-state index in [4.69, 9.17) is 10.5 Å². The topological polar surface area (TPSA) is 79.9 Å². The maximum atomic E-state index is 11.2. The third-order valence-corrected chi connectivity index (χ3v) is 4.23. The maximum Gasteiger partial charge on any atom is 0.217 e. The van der Waals surface area contributed by atoms with Gasteiger partial charge in [0.15, 0.2) is 5.96 Å². The van der Waals surface area contributed by atoms with E-state index in [1.807, 2.05) is 25.1 Å². The van der Waals surface area contributed by atoms with Crippen LogP contribution in [0.3, 0.4) is 0 Å². The number of carbonyl (C=O) groups excluding carboxylic acids is 1. The second-order valence-corrected chi connectivity index (χ2v) is 6.07. The van der Waals surface area contributed by atoms with Crippen molar-refractivity contribution in [1.82, 2.24) is 10.2 Å². The molecule has 1 unspecified atom stereocenters. The number of nitrogens with one attached hydrogen (secondary N) is 1. The summed E-state index contributed by atoms with van der Waals surface area (Å²) in [6.45, 7) is 5.04. The number of guanidine groups is 1. The molecule has 2 rings (SSSR count). The molecule has 1 amide bonds. The maximum absolute atomic E-state index is 11.2. The molecule has 1 atom stereocenters. The van der Waals surface area contributed by atoms with E-state index in [-0.39, 0.29) is 5.91 Å². The van der Waals surface area contributed by atoms with E-state index in [0.717, 1.165) is 43.2 Å². The Kier molecular flexibility index (Phi) is 6.90. The molecule has 132 valence electrons. The fraction of sp³-hybridized carbons (Fsp3) is 0.556. The summed E-state index contributed by atoms with van der Waals surface area (Å²) in [6, 6.07) is 8.01. The molecule has 0 spiro atoms. The average Bonchev–Trinajstić information content (AvgIpc) is 2.57. The van der Waals surface area contributed by atoms with Gasteiger partial charge in [0.1, 0.15) is 5.75 Å². The Morgan fingerprint density at radius 2 is 2.25 bits per heavy atom. The lowest BCUT2D eigenvalue weighted by molar-refractivity contribution is -0.119. The van der Waals surface area contributed by atoms with E-state index in [1.165, 1.54) is 0 Å². The SMILES string of the molecule is CCOc1ccccc1CNC(=NC)N1CCCC(CC(N)=O)C1. The van der Waals surface area contributed by atoms with Gasteiger partial charge in [-0.1, -0.05) is 18.2 Å². The fourth-order valence-electron chi connectivity index (χ4n) is 3.16. The summed E-state index contributed by atoms with van der Waals surface area (Å²) in [5.41, 5.74) is 6.44. The molecular weight excluding hydrogens is 304 g/mol. The van der Waals surface area contributed by atoms with Gasteiger partial charge in [0.25, 0.3) is 0 Å². The minimum absolute atomic E-state index is 0.226. The summed E-state index contributed by atoms with van der Waals surface area (Å²) in [6.07, 6.45) is 2.54. The predicted octanol–water partition coefficient (Wildman–Crippen LogP) is 1.75. The highest BCUT2D eigenvalue weighted by molar-refractivity contribution is 5.80. The number of para-hydroxylation sites is 1. The third kappa shape index (κ3) is 5.15. The molecule has 3 N–H and O–H groups in total. The Morgan fingerprint density at radius 3 is 2.96 bits per heavy atom. The second kappa shape index (κ2) is 9.15. The van der Waals surface area contributed by atoms with E-state index in [2.05, 4.69) is 21.3 Å². The molecule has 0 aliphatic carbocycles. The van der Waals surface area contributed by atoms with Gasteiger partial charge < -0.3 is 20.7 Å². The first-order valence-electron chi connectivity index (χ1n) is 8.58. The smallest absolute Gasteiger partial charge is 0.217 e. The van der Waals surface area contributed by atoms with Crippen LogP contribution in [0, 0.1) is 5.92 Å². The van der Waals surface area contributed by atoms with Crippen molar-refractivity contribution in [1.29, 1.82) is 0 Å². The monoisotopic (exact) mass is 332 g/mol. The molecule has 1 heterocycles. The molecule has 6 nitrogen and oxygen atoms in total. The Labute approximate surface area is 144 Å². The number of nitrogens with zero attached hydrogens (tertiary/aromatic N) is 2. The van der Waals surface area contributed by atoms with Crippen LogP contribution in [0.4, 0.5) is 0 Å². The van der Waals surface area contributed by atoms with E-state index >= 15 is 0 Å². The first kappa shape index (κ1) is 18.1. The number of rotatable bonds is 6. The van der Waals surface area contributed by atoms with Crippen molar-refractivity contribution in [2.75, 3.05) is 26.7 Å². The van der Waals surface area contributed by atoms with Crippen molar-refractivity contribution in [2.24, 2.45) is 16.6 Å². The molecule has 1 aromatic rings. The number of amides is 1. The number of carbonyl (C=O) groups is 1. The lowest BCUT2D eigenvalue weighted by atomic mass is 9.95. The molecule has 1 aromatic carbocycles. The summed E-state index contributed by atoms with van der Waals surface area (Å²) in [5, 5.41) is 3.41. The Bertz CT molecular complexity index is 574. The van der Waals surface area contributed by atoms with Gasteiger partial charge in [-0.3, -0.25) is 9.79 Å². The van der Waals surface area contributed by atoms with Crippen LogP contribution in [0.15, 0.2) is 29.3 Å². The van der Waals surface area contributed by atoms with Gasteiger partial charge in [0.2, 0.25) is 5.91 Å². The van der Waals surface area contributed by atoms with Gasteiger partial charge in [-0.2, -0.15) is 0 Å². The average molecular weight is 332 g/mol. The van der Waals surface area contributed by atoms with Crippen molar-refractivity contribution in [3.63, 3.8) is 0 Å². The molecule has 6 heteroatoms. The first-order chi connectivity index (χ1) is 11.6. The normalized spacial score (nSPS) is 18.3.